The van der Waals surface area contributed by atoms with Crippen LogP contribution in [0.4, 0.5) is 0 Å². The number of H-pyrrole nitrogens is 2. The standard InChI is InChI=1S/C17H12N6O2/c1-9-7-18-17(25-9)14-15-20-12(4-5-23(15)22-16(14)24)10-2-3-13-11(6-10)8-19-21-13/h2-8H,1H3,(H,19,21)(H,22,24). The molecule has 1 aromatic carbocycles. The summed E-state index contributed by atoms with van der Waals surface area (Å²) in [6.07, 6.45) is 5.10. The minimum Gasteiger partial charge on any atom is -0.441 e. The molecule has 0 unspecified atom stereocenters. The van der Waals surface area contributed by atoms with Crippen LogP contribution in [-0.4, -0.2) is 29.8 Å². The second kappa shape index (κ2) is 4.91. The molecule has 8 heteroatoms. The zero-order valence-corrected chi connectivity index (χ0v) is 13.1. The maximum absolute atomic E-state index is 12.3. The molecule has 0 aliphatic rings. The lowest BCUT2D eigenvalue weighted by atomic mass is 10.1. The molecule has 0 spiro atoms. The highest BCUT2D eigenvalue weighted by Crippen LogP contribution is 2.25. The first-order valence-corrected chi connectivity index (χ1v) is 7.67. The third kappa shape index (κ3) is 2.08. The van der Waals surface area contributed by atoms with Gasteiger partial charge < -0.3 is 4.42 Å². The van der Waals surface area contributed by atoms with Crippen LogP contribution >= 0.6 is 0 Å². The van der Waals surface area contributed by atoms with E-state index in [0.717, 1.165) is 22.2 Å². The van der Waals surface area contributed by atoms with Gasteiger partial charge in [-0.2, -0.15) is 5.10 Å². The first-order chi connectivity index (χ1) is 12.2. The van der Waals surface area contributed by atoms with Gasteiger partial charge in [0.05, 0.1) is 23.6 Å². The Morgan fingerprint density at radius 3 is 2.96 bits per heavy atom. The van der Waals surface area contributed by atoms with E-state index in [0.29, 0.717) is 17.0 Å². The number of nitrogens with zero attached hydrogens (tertiary/aromatic N) is 4. The number of oxazole rings is 1. The Morgan fingerprint density at radius 1 is 1.20 bits per heavy atom. The van der Waals surface area contributed by atoms with Crippen molar-refractivity contribution in [1.29, 1.82) is 0 Å². The number of fused-ring (bicyclic) bond motifs is 2. The molecule has 0 saturated carbocycles. The summed E-state index contributed by atoms with van der Waals surface area (Å²) in [5.41, 5.74) is 3.12. The molecule has 0 amide bonds. The zero-order valence-electron chi connectivity index (χ0n) is 13.1. The van der Waals surface area contributed by atoms with Crippen molar-refractivity contribution in [3.63, 3.8) is 0 Å². The number of aromatic nitrogens is 6. The Morgan fingerprint density at radius 2 is 2.12 bits per heavy atom. The number of hydrogen-bond donors (Lipinski definition) is 2. The van der Waals surface area contributed by atoms with Crippen molar-refractivity contribution in [3.8, 4) is 22.7 Å². The van der Waals surface area contributed by atoms with Crippen molar-refractivity contribution >= 4 is 16.6 Å². The normalized spacial score (nSPS) is 11.6. The Balaban J connectivity index is 1.74. The molecule has 5 aromatic rings. The molecule has 4 heterocycles. The van der Waals surface area contributed by atoms with Gasteiger partial charge in [-0.1, -0.05) is 6.07 Å². The fourth-order valence-corrected chi connectivity index (χ4v) is 2.88. The minimum atomic E-state index is -0.295. The van der Waals surface area contributed by atoms with Crippen LogP contribution in [0.2, 0.25) is 0 Å². The molecule has 0 atom stereocenters. The summed E-state index contributed by atoms with van der Waals surface area (Å²) in [5.74, 6) is 0.895. The molecule has 8 nitrogen and oxygen atoms in total. The molecule has 0 bridgehead atoms. The largest absolute Gasteiger partial charge is 0.441 e. The van der Waals surface area contributed by atoms with E-state index in [1.807, 2.05) is 24.3 Å². The number of nitrogens with one attached hydrogen (secondary N) is 2. The fourth-order valence-electron chi connectivity index (χ4n) is 2.88. The van der Waals surface area contributed by atoms with Crippen LogP contribution in [0.25, 0.3) is 39.3 Å². The van der Waals surface area contributed by atoms with Gasteiger partial charge >= 0.3 is 0 Å². The van der Waals surface area contributed by atoms with Gasteiger partial charge in [-0.05, 0) is 25.1 Å². The molecule has 2 N–H and O–H groups in total. The monoisotopic (exact) mass is 332 g/mol. The Bertz CT molecular complexity index is 1290. The second-order valence-corrected chi connectivity index (χ2v) is 5.77. The number of aryl methyl sites for hydroxylation is 1. The van der Waals surface area contributed by atoms with E-state index < -0.39 is 0 Å². The van der Waals surface area contributed by atoms with E-state index in [4.69, 9.17) is 4.42 Å². The van der Waals surface area contributed by atoms with E-state index in [-0.39, 0.29) is 11.4 Å². The smallest absolute Gasteiger partial charge is 0.279 e. The predicted molar refractivity (Wildman–Crippen MR) is 91.1 cm³/mol. The molecule has 25 heavy (non-hydrogen) atoms. The van der Waals surface area contributed by atoms with Gasteiger partial charge in [-0.25, -0.2) is 14.5 Å². The lowest BCUT2D eigenvalue weighted by molar-refractivity contribution is 0.542. The molecular weight excluding hydrogens is 320 g/mol. The lowest BCUT2D eigenvalue weighted by Gasteiger charge is -2.03. The zero-order chi connectivity index (χ0) is 17.0. The van der Waals surface area contributed by atoms with E-state index in [1.54, 1.807) is 30.0 Å². The van der Waals surface area contributed by atoms with Crippen LogP contribution in [-0.2, 0) is 0 Å². The molecule has 0 aliphatic heterocycles. The van der Waals surface area contributed by atoms with Crippen LogP contribution in [0.15, 0.2) is 52.1 Å². The highest BCUT2D eigenvalue weighted by molar-refractivity contribution is 5.84. The topological polar surface area (TPSA) is 105 Å². The summed E-state index contributed by atoms with van der Waals surface area (Å²) in [4.78, 5) is 21.1. The highest BCUT2D eigenvalue weighted by Gasteiger charge is 2.18. The fraction of sp³-hybridized carbons (Fsp3) is 0.0588. The van der Waals surface area contributed by atoms with E-state index in [9.17, 15) is 4.79 Å². The molecule has 4 aromatic heterocycles. The van der Waals surface area contributed by atoms with Crippen LogP contribution in [0, 0.1) is 6.92 Å². The van der Waals surface area contributed by atoms with E-state index in [2.05, 4.69) is 25.3 Å². The molecule has 5 rings (SSSR count). The van der Waals surface area contributed by atoms with Gasteiger partial charge in [0.25, 0.3) is 5.56 Å². The average Bonchev–Trinajstić information content (AvgIpc) is 3.31. The highest BCUT2D eigenvalue weighted by atomic mass is 16.4. The third-order valence-electron chi connectivity index (χ3n) is 4.08. The molecule has 0 saturated heterocycles. The Kier molecular flexibility index (Phi) is 2.69. The molecular formula is C17H12N6O2. The average molecular weight is 332 g/mol. The van der Waals surface area contributed by atoms with Gasteiger partial charge in [0.2, 0.25) is 5.89 Å². The Hall–Kier alpha value is -3.68. The van der Waals surface area contributed by atoms with Crippen LogP contribution < -0.4 is 5.56 Å². The van der Waals surface area contributed by atoms with Crippen molar-refractivity contribution in [2.24, 2.45) is 0 Å². The maximum atomic E-state index is 12.3. The third-order valence-corrected chi connectivity index (χ3v) is 4.08. The Labute approximate surface area is 140 Å². The first-order valence-electron chi connectivity index (χ1n) is 7.67. The van der Waals surface area contributed by atoms with Crippen molar-refractivity contribution in [1.82, 2.24) is 29.8 Å². The van der Waals surface area contributed by atoms with Crippen LogP contribution in [0.3, 0.4) is 0 Å². The van der Waals surface area contributed by atoms with Crippen molar-refractivity contribution < 1.29 is 4.42 Å². The van der Waals surface area contributed by atoms with Gasteiger partial charge in [-0.3, -0.25) is 15.0 Å². The second-order valence-electron chi connectivity index (χ2n) is 5.77. The minimum absolute atomic E-state index is 0.260. The number of benzene rings is 1. The maximum Gasteiger partial charge on any atom is 0.279 e. The summed E-state index contributed by atoms with van der Waals surface area (Å²) in [6, 6.07) is 7.75. The molecule has 0 fully saturated rings. The summed E-state index contributed by atoms with van der Waals surface area (Å²) < 4.78 is 7.08. The molecule has 0 radical (unpaired) electrons. The summed E-state index contributed by atoms with van der Waals surface area (Å²) in [7, 11) is 0. The van der Waals surface area contributed by atoms with Gasteiger partial charge in [-0.15, -0.1) is 0 Å². The molecule has 0 aliphatic carbocycles. The summed E-state index contributed by atoms with van der Waals surface area (Å²) in [5, 5.41) is 10.7. The summed E-state index contributed by atoms with van der Waals surface area (Å²) in [6.45, 7) is 1.78. The number of rotatable bonds is 2. The van der Waals surface area contributed by atoms with Crippen LogP contribution in [0.1, 0.15) is 5.76 Å². The van der Waals surface area contributed by atoms with Crippen LogP contribution in [0.5, 0.6) is 0 Å². The van der Waals surface area contributed by atoms with E-state index >= 15 is 0 Å². The SMILES string of the molecule is Cc1cnc(-c2c(=O)[nH]n3ccc(-c4ccc5[nH]ncc5c4)nc23)o1. The summed E-state index contributed by atoms with van der Waals surface area (Å²) >= 11 is 0. The van der Waals surface area contributed by atoms with Crippen molar-refractivity contribution in [2.45, 2.75) is 6.92 Å². The lowest BCUT2D eigenvalue weighted by Crippen LogP contribution is -2.02. The van der Waals surface area contributed by atoms with Gasteiger partial charge in [0.15, 0.2) is 5.65 Å². The predicted octanol–water partition coefficient (Wildman–Crippen LogP) is 2.53. The van der Waals surface area contributed by atoms with Crippen molar-refractivity contribution in [3.05, 3.63) is 59.0 Å². The van der Waals surface area contributed by atoms with Gasteiger partial charge in [0.1, 0.15) is 11.3 Å². The molecule has 122 valence electrons. The number of hydrogen-bond acceptors (Lipinski definition) is 5. The van der Waals surface area contributed by atoms with Crippen molar-refractivity contribution in [2.75, 3.05) is 0 Å². The van der Waals surface area contributed by atoms with Gasteiger partial charge in [0, 0.05) is 17.1 Å². The number of aromatic amines is 2. The quantitative estimate of drug-likeness (QED) is 0.517. The first kappa shape index (κ1) is 13.7. The van der Waals surface area contributed by atoms with E-state index in [1.165, 1.54) is 0 Å².